The fraction of sp³-hybridized carbons (Fsp3) is 0.500. The van der Waals surface area contributed by atoms with E-state index in [1.54, 1.807) is 6.26 Å². The second-order valence-corrected chi connectivity index (χ2v) is 5.60. The van der Waals surface area contributed by atoms with Gasteiger partial charge in [0.25, 0.3) is 0 Å². The minimum Gasteiger partial charge on any atom is -0.469 e. The Balaban J connectivity index is 1.69. The van der Waals surface area contributed by atoms with Crippen LogP contribution in [0.1, 0.15) is 30.5 Å². The smallest absolute Gasteiger partial charge is 0.220 e. The maximum Gasteiger partial charge on any atom is 0.220 e. The molecule has 0 aromatic carbocycles. The highest BCUT2D eigenvalue weighted by molar-refractivity contribution is 5.76. The number of nitrogens with zero attached hydrogens (tertiary/aromatic N) is 2. The lowest BCUT2D eigenvalue weighted by molar-refractivity contribution is -0.121. The van der Waals surface area contributed by atoms with Gasteiger partial charge >= 0.3 is 0 Å². The van der Waals surface area contributed by atoms with Gasteiger partial charge in [0.05, 0.1) is 12.0 Å². The van der Waals surface area contributed by atoms with E-state index in [0.29, 0.717) is 25.3 Å². The molecule has 0 aliphatic heterocycles. The van der Waals surface area contributed by atoms with Crippen molar-refractivity contribution >= 4 is 5.91 Å². The predicted octanol–water partition coefficient (Wildman–Crippen LogP) is 2.48. The highest BCUT2D eigenvalue weighted by Crippen LogP contribution is 2.06. The summed E-state index contributed by atoms with van der Waals surface area (Å²) in [7, 11) is 0. The van der Waals surface area contributed by atoms with Crippen LogP contribution in [0.4, 0.5) is 0 Å². The summed E-state index contributed by atoms with van der Waals surface area (Å²) in [6.07, 6.45) is 2.73. The van der Waals surface area contributed by atoms with E-state index in [1.165, 1.54) is 0 Å². The van der Waals surface area contributed by atoms with Crippen molar-refractivity contribution in [2.75, 3.05) is 6.54 Å². The summed E-state index contributed by atoms with van der Waals surface area (Å²) in [6.45, 7) is 7.63. The second-order valence-electron chi connectivity index (χ2n) is 5.60. The fourth-order valence-electron chi connectivity index (χ4n) is 2.29. The summed E-state index contributed by atoms with van der Waals surface area (Å²) in [5, 5.41) is 7.41. The number of aryl methyl sites for hydroxylation is 3. The highest BCUT2D eigenvalue weighted by Gasteiger charge is 2.09. The number of hydrogen-bond donors (Lipinski definition) is 1. The molecule has 0 spiro atoms. The first-order valence-corrected chi connectivity index (χ1v) is 7.34. The minimum atomic E-state index is 0.0617. The Morgan fingerprint density at radius 3 is 2.90 bits per heavy atom. The average molecular weight is 289 g/mol. The van der Waals surface area contributed by atoms with Crippen LogP contribution in [0.15, 0.2) is 28.9 Å². The topological polar surface area (TPSA) is 60.1 Å². The Morgan fingerprint density at radius 2 is 2.29 bits per heavy atom. The average Bonchev–Trinajstić information content (AvgIpc) is 3.04. The van der Waals surface area contributed by atoms with Gasteiger partial charge in [0.1, 0.15) is 5.76 Å². The van der Waals surface area contributed by atoms with Crippen LogP contribution in [-0.2, 0) is 17.8 Å². The van der Waals surface area contributed by atoms with Gasteiger partial charge in [-0.2, -0.15) is 5.10 Å². The van der Waals surface area contributed by atoms with Gasteiger partial charge in [-0.25, -0.2) is 0 Å². The molecule has 0 saturated carbocycles. The molecule has 5 nitrogen and oxygen atoms in total. The van der Waals surface area contributed by atoms with E-state index in [1.807, 2.05) is 23.7 Å². The molecule has 2 rings (SSSR count). The SMILES string of the molecule is Cc1cc(C)n(C[C@@H](C)CNC(=O)CCc2ccco2)n1. The molecule has 1 N–H and O–H groups in total. The van der Waals surface area contributed by atoms with Crippen LogP contribution in [0.5, 0.6) is 0 Å². The molecule has 2 aromatic heterocycles. The molecular weight excluding hydrogens is 266 g/mol. The van der Waals surface area contributed by atoms with Crippen molar-refractivity contribution in [3.8, 4) is 0 Å². The summed E-state index contributed by atoms with van der Waals surface area (Å²) in [5.41, 5.74) is 2.19. The molecule has 0 bridgehead atoms. The summed E-state index contributed by atoms with van der Waals surface area (Å²) < 4.78 is 7.21. The number of rotatable bonds is 7. The third kappa shape index (κ3) is 4.77. The van der Waals surface area contributed by atoms with Gasteiger partial charge in [0.2, 0.25) is 5.91 Å². The third-order valence-electron chi connectivity index (χ3n) is 3.41. The summed E-state index contributed by atoms with van der Waals surface area (Å²) in [6, 6.07) is 5.79. The zero-order valence-corrected chi connectivity index (χ0v) is 12.9. The molecule has 0 saturated heterocycles. The molecular formula is C16H23N3O2. The van der Waals surface area contributed by atoms with Crippen LogP contribution < -0.4 is 5.32 Å². The highest BCUT2D eigenvalue weighted by atomic mass is 16.3. The number of nitrogens with one attached hydrogen (secondary N) is 1. The Hall–Kier alpha value is -2.04. The predicted molar refractivity (Wildman–Crippen MR) is 80.9 cm³/mol. The van der Waals surface area contributed by atoms with Crippen molar-refractivity contribution in [3.05, 3.63) is 41.6 Å². The van der Waals surface area contributed by atoms with E-state index in [0.717, 1.165) is 23.7 Å². The monoisotopic (exact) mass is 289 g/mol. The number of carbonyl (C=O) groups excluding carboxylic acids is 1. The van der Waals surface area contributed by atoms with E-state index >= 15 is 0 Å². The van der Waals surface area contributed by atoms with E-state index in [9.17, 15) is 4.79 Å². The molecule has 2 aromatic rings. The van der Waals surface area contributed by atoms with Crippen molar-refractivity contribution in [2.45, 2.75) is 40.2 Å². The van der Waals surface area contributed by atoms with Crippen LogP contribution in [0.25, 0.3) is 0 Å². The molecule has 2 heterocycles. The number of amides is 1. The molecule has 1 atom stereocenters. The summed E-state index contributed by atoms with van der Waals surface area (Å²) >= 11 is 0. The van der Waals surface area contributed by atoms with Crippen molar-refractivity contribution < 1.29 is 9.21 Å². The Labute approximate surface area is 125 Å². The standard InChI is InChI=1S/C16H23N3O2/c1-12(11-19-14(3)9-13(2)18-19)10-17-16(20)7-6-15-5-4-8-21-15/h4-5,8-9,12H,6-7,10-11H2,1-3H3,(H,17,20)/t12-/m0/s1. The van der Waals surface area contributed by atoms with Crippen molar-refractivity contribution in [1.82, 2.24) is 15.1 Å². The Morgan fingerprint density at radius 1 is 1.48 bits per heavy atom. The largest absolute Gasteiger partial charge is 0.469 e. The van der Waals surface area contributed by atoms with E-state index in [2.05, 4.69) is 30.3 Å². The molecule has 0 aliphatic rings. The van der Waals surface area contributed by atoms with Gasteiger partial charge in [-0.3, -0.25) is 9.48 Å². The van der Waals surface area contributed by atoms with Crippen molar-refractivity contribution in [3.63, 3.8) is 0 Å². The van der Waals surface area contributed by atoms with Gasteiger partial charge in [-0.1, -0.05) is 6.92 Å². The van der Waals surface area contributed by atoms with Crippen molar-refractivity contribution in [2.24, 2.45) is 5.92 Å². The molecule has 0 unspecified atom stereocenters. The van der Waals surface area contributed by atoms with Gasteiger partial charge in [0.15, 0.2) is 0 Å². The van der Waals surface area contributed by atoms with Gasteiger partial charge in [0, 0.05) is 31.6 Å². The first-order valence-electron chi connectivity index (χ1n) is 7.34. The Bertz CT molecular complexity index is 572. The molecule has 1 amide bonds. The summed E-state index contributed by atoms with van der Waals surface area (Å²) in [4.78, 5) is 11.8. The zero-order valence-electron chi connectivity index (χ0n) is 12.9. The molecule has 21 heavy (non-hydrogen) atoms. The zero-order chi connectivity index (χ0) is 15.2. The number of furan rings is 1. The quantitative estimate of drug-likeness (QED) is 0.852. The lowest BCUT2D eigenvalue weighted by Gasteiger charge is -2.14. The van der Waals surface area contributed by atoms with Crippen molar-refractivity contribution in [1.29, 1.82) is 0 Å². The molecule has 5 heteroatoms. The lowest BCUT2D eigenvalue weighted by atomic mass is 10.1. The molecule has 114 valence electrons. The number of aromatic nitrogens is 2. The van der Waals surface area contributed by atoms with Crippen LogP contribution in [0.2, 0.25) is 0 Å². The normalized spacial score (nSPS) is 12.3. The summed E-state index contributed by atoms with van der Waals surface area (Å²) in [5.74, 6) is 1.25. The van der Waals surface area contributed by atoms with Crippen LogP contribution in [-0.4, -0.2) is 22.2 Å². The number of carbonyl (C=O) groups is 1. The van der Waals surface area contributed by atoms with Crippen LogP contribution >= 0.6 is 0 Å². The van der Waals surface area contributed by atoms with E-state index < -0.39 is 0 Å². The van der Waals surface area contributed by atoms with E-state index in [-0.39, 0.29) is 5.91 Å². The molecule has 0 aliphatic carbocycles. The maximum atomic E-state index is 11.8. The fourth-order valence-corrected chi connectivity index (χ4v) is 2.29. The molecule has 0 fully saturated rings. The van der Waals surface area contributed by atoms with Gasteiger partial charge in [-0.05, 0) is 38.0 Å². The molecule has 0 radical (unpaired) electrons. The van der Waals surface area contributed by atoms with E-state index in [4.69, 9.17) is 4.42 Å². The lowest BCUT2D eigenvalue weighted by Crippen LogP contribution is -2.30. The third-order valence-corrected chi connectivity index (χ3v) is 3.41. The first-order chi connectivity index (χ1) is 10.0. The Kier molecular flexibility index (Phi) is 5.20. The maximum absolute atomic E-state index is 11.8. The van der Waals surface area contributed by atoms with Gasteiger partial charge in [-0.15, -0.1) is 0 Å². The number of hydrogen-bond acceptors (Lipinski definition) is 3. The van der Waals surface area contributed by atoms with Crippen LogP contribution in [0.3, 0.4) is 0 Å². The van der Waals surface area contributed by atoms with Crippen LogP contribution in [0, 0.1) is 19.8 Å². The second kappa shape index (κ2) is 7.11. The minimum absolute atomic E-state index is 0.0617. The first kappa shape index (κ1) is 15.4. The van der Waals surface area contributed by atoms with Gasteiger partial charge < -0.3 is 9.73 Å².